The van der Waals surface area contributed by atoms with Crippen LogP contribution in [0.15, 0.2) is 22.8 Å². The van der Waals surface area contributed by atoms with E-state index in [2.05, 4.69) is 4.74 Å². The predicted octanol–water partition coefficient (Wildman–Crippen LogP) is 2.42. The van der Waals surface area contributed by atoms with E-state index in [1.54, 1.807) is 20.8 Å². The van der Waals surface area contributed by atoms with Crippen LogP contribution in [-0.4, -0.2) is 24.6 Å². The van der Waals surface area contributed by atoms with Crippen molar-refractivity contribution in [1.82, 2.24) is 0 Å². The summed E-state index contributed by atoms with van der Waals surface area (Å²) in [6, 6.07) is 1.48. The normalized spacial score (nSPS) is 11.6. The van der Waals surface area contributed by atoms with Gasteiger partial charge >= 0.3 is 11.9 Å². The van der Waals surface area contributed by atoms with Crippen molar-refractivity contribution in [1.29, 1.82) is 0 Å². The molecule has 0 aliphatic carbocycles. The van der Waals surface area contributed by atoms with Crippen molar-refractivity contribution in [2.45, 2.75) is 26.4 Å². The lowest BCUT2D eigenvalue weighted by atomic mass is 10.2. The summed E-state index contributed by atoms with van der Waals surface area (Å²) in [6.07, 6.45) is 3.94. The fourth-order valence-electron chi connectivity index (χ4n) is 1.15. The fraction of sp³-hybridized carbons (Fsp3) is 0.385. The van der Waals surface area contributed by atoms with E-state index in [-0.39, 0.29) is 0 Å². The minimum absolute atomic E-state index is 0.293. The molecule has 0 aromatic carbocycles. The Morgan fingerprint density at radius 3 is 2.56 bits per heavy atom. The van der Waals surface area contributed by atoms with Crippen LogP contribution in [0.2, 0.25) is 0 Å². The number of rotatable bonds is 3. The number of carbonyl (C=O) groups is 2. The smallest absolute Gasteiger partial charge is 0.341 e. The number of furan rings is 1. The maximum absolute atomic E-state index is 11.4. The summed E-state index contributed by atoms with van der Waals surface area (Å²) in [5.41, 5.74) is -0.247. The molecule has 0 spiro atoms. The molecule has 1 heterocycles. The van der Waals surface area contributed by atoms with Gasteiger partial charge in [-0.15, -0.1) is 0 Å². The highest BCUT2D eigenvalue weighted by atomic mass is 16.6. The minimum Gasteiger partial charge on any atom is -0.465 e. The van der Waals surface area contributed by atoms with Gasteiger partial charge < -0.3 is 13.9 Å². The zero-order valence-electron chi connectivity index (χ0n) is 10.9. The highest BCUT2D eigenvalue weighted by molar-refractivity contribution is 5.90. The van der Waals surface area contributed by atoms with Gasteiger partial charge in [-0.1, -0.05) is 0 Å². The van der Waals surface area contributed by atoms with E-state index in [4.69, 9.17) is 9.15 Å². The van der Waals surface area contributed by atoms with Crippen LogP contribution in [0.1, 0.15) is 36.9 Å². The summed E-state index contributed by atoms with van der Waals surface area (Å²) in [4.78, 5) is 22.5. The predicted molar refractivity (Wildman–Crippen MR) is 64.9 cm³/mol. The van der Waals surface area contributed by atoms with Gasteiger partial charge in [0, 0.05) is 6.08 Å². The Bertz CT molecular complexity index is 462. The molecule has 0 N–H and O–H groups in total. The molecule has 0 aliphatic rings. The fourth-order valence-corrected chi connectivity index (χ4v) is 1.15. The van der Waals surface area contributed by atoms with E-state index < -0.39 is 17.5 Å². The number of ether oxygens (including phenoxy) is 2. The topological polar surface area (TPSA) is 65.7 Å². The van der Waals surface area contributed by atoms with Crippen LogP contribution in [-0.2, 0) is 14.3 Å². The van der Waals surface area contributed by atoms with Crippen molar-refractivity contribution in [2.24, 2.45) is 0 Å². The molecule has 0 unspecified atom stereocenters. The molecule has 1 rings (SSSR count). The van der Waals surface area contributed by atoms with Crippen LogP contribution in [0.25, 0.3) is 6.08 Å². The molecule has 5 nitrogen and oxygen atoms in total. The zero-order chi connectivity index (χ0) is 13.8. The Balaban J connectivity index is 2.65. The van der Waals surface area contributed by atoms with E-state index in [1.807, 2.05) is 0 Å². The average Bonchev–Trinajstić information content (AvgIpc) is 2.71. The van der Waals surface area contributed by atoms with Gasteiger partial charge in [0.2, 0.25) is 0 Å². The van der Waals surface area contributed by atoms with Gasteiger partial charge in [-0.25, -0.2) is 9.59 Å². The summed E-state index contributed by atoms with van der Waals surface area (Å²) in [5.74, 6) is -0.588. The molecule has 18 heavy (non-hydrogen) atoms. The van der Waals surface area contributed by atoms with Gasteiger partial charge in [-0.05, 0) is 32.9 Å². The van der Waals surface area contributed by atoms with Crippen molar-refractivity contribution in [3.05, 3.63) is 29.7 Å². The molecule has 98 valence electrons. The quantitative estimate of drug-likeness (QED) is 0.610. The summed E-state index contributed by atoms with van der Waals surface area (Å²) in [5, 5.41) is 0. The summed E-state index contributed by atoms with van der Waals surface area (Å²) < 4.78 is 14.7. The number of hydrogen-bond acceptors (Lipinski definition) is 5. The molecule has 0 fully saturated rings. The molecule has 1 aromatic heterocycles. The number of methoxy groups -OCH3 is 1. The maximum atomic E-state index is 11.4. The lowest BCUT2D eigenvalue weighted by Crippen LogP contribution is -2.22. The highest BCUT2D eigenvalue weighted by Crippen LogP contribution is 2.12. The Labute approximate surface area is 105 Å². The second kappa shape index (κ2) is 5.53. The largest absolute Gasteiger partial charge is 0.465 e. The van der Waals surface area contributed by atoms with E-state index in [0.29, 0.717) is 11.3 Å². The lowest BCUT2D eigenvalue weighted by Gasteiger charge is -2.17. The Morgan fingerprint density at radius 1 is 1.33 bits per heavy atom. The summed E-state index contributed by atoms with van der Waals surface area (Å²) in [6.45, 7) is 5.34. The van der Waals surface area contributed by atoms with Crippen molar-refractivity contribution < 1.29 is 23.5 Å². The third-order valence-corrected chi connectivity index (χ3v) is 1.83. The van der Waals surface area contributed by atoms with Crippen LogP contribution < -0.4 is 0 Å². The van der Waals surface area contributed by atoms with Crippen LogP contribution in [0, 0.1) is 0 Å². The van der Waals surface area contributed by atoms with Gasteiger partial charge in [0.05, 0.1) is 12.7 Å². The Kier molecular flexibility index (Phi) is 4.31. The van der Waals surface area contributed by atoms with E-state index in [1.165, 1.54) is 31.6 Å². The van der Waals surface area contributed by atoms with Gasteiger partial charge in [0.1, 0.15) is 17.6 Å². The molecular formula is C13H16O5. The number of hydrogen-bond donors (Lipinski definition) is 0. The van der Waals surface area contributed by atoms with Gasteiger partial charge in [-0.2, -0.15) is 0 Å². The van der Waals surface area contributed by atoms with Crippen molar-refractivity contribution >= 4 is 18.0 Å². The van der Waals surface area contributed by atoms with Crippen molar-refractivity contribution in [3.63, 3.8) is 0 Å². The molecule has 0 saturated carbocycles. The SMILES string of the molecule is COC(=O)c1coc(/C=C/C(=O)OC(C)(C)C)c1. The summed E-state index contributed by atoms with van der Waals surface area (Å²) >= 11 is 0. The number of carbonyl (C=O) groups excluding carboxylic acids is 2. The van der Waals surface area contributed by atoms with Crippen molar-refractivity contribution in [2.75, 3.05) is 7.11 Å². The Morgan fingerprint density at radius 2 is 2.00 bits per heavy atom. The van der Waals surface area contributed by atoms with Crippen LogP contribution in [0.4, 0.5) is 0 Å². The van der Waals surface area contributed by atoms with Gasteiger partial charge in [0.25, 0.3) is 0 Å². The molecular weight excluding hydrogens is 236 g/mol. The molecule has 0 saturated heterocycles. The standard InChI is InChI=1S/C13H16O5/c1-13(2,3)18-11(14)6-5-10-7-9(8-17-10)12(15)16-4/h5-8H,1-4H3/b6-5+. The molecule has 0 bridgehead atoms. The molecule has 0 amide bonds. The Hall–Kier alpha value is -2.04. The molecule has 0 radical (unpaired) electrons. The van der Waals surface area contributed by atoms with Crippen molar-refractivity contribution in [3.8, 4) is 0 Å². The number of esters is 2. The van der Waals surface area contributed by atoms with Crippen LogP contribution in [0.3, 0.4) is 0 Å². The van der Waals surface area contributed by atoms with E-state index in [0.717, 1.165) is 0 Å². The van der Waals surface area contributed by atoms with Gasteiger partial charge in [-0.3, -0.25) is 0 Å². The first-order valence-corrected chi connectivity index (χ1v) is 5.40. The second-order valence-corrected chi connectivity index (χ2v) is 4.60. The highest BCUT2D eigenvalue weighted by Gasteiger charge is 2.14. The third kappa shape index (κ3) is 4.45. The molecule has 0 aliphatic heterocycles. The molecule has 0 atom stereocenters. The molecule has 1 aromatic rings. The first-order valence-electron chi connectivity index (χ1n) is 5.40. The second-order valence-electron chi connectivity index (χ2n) is 4.60. The van der Waals surface area contributed by atoms with E-state index in [9.17, 15) is 9.59 Å². The minimum atomic E-state index is -0.540. The lowest BCUT2D eigenvalue weighted by molar-refractivity contribution is -0.148. The zero-order valence-corrected chi connectivity index (χ0v) is 10.9. The average molecular weight is 252 g/mol. The third-order valence-electron chi connectivity index (χ3n) is 1.83. The van der Waals surface area contributed by atoms with Crippen LogP contribution in [0.5, 0.6) is 0 Å². The van der Waals surface area contributed by atoms with E-state index >= 15 is 0 Å². The van der Waals surface area contributed by atoms with Gasteiger partial charge in [0.15, 0.2) is 0 Å². The summed E-state index contributed by atoms with van der Waals surface area (Å²) in [7, 11) is 1.28. The van der Waals surface area contributed by atoms with Crippen LogP contribution >= 0.6 is 0 Å². The first kappa shape index (κ1) is 14.0. The monoisotopic (exact) mass is 252 g/mol. The first-order chi connectivity index (χ1) is 8.31. The molecule has 5 heteroatoms. The maximum Gasteiger partial charge on any atom is 0.341 e.